The minimum atomic E-state index is -1.25. The van der Waals surface area contributed by atoms with Crippen LogP contribution in [0.25, 0.3) is 10.6 Å². The Morgan fingerprint density at radius 1 is 0.784 bits per heavy atom. The summed E-state index contributed by atoms with van der Waals surface area (Å²) in [7, 11) is 2.98. The third kappa shape index (κ3) is 7.55. The van der Waals surface area contributed by atoms with Gasteiger partial charge in [-0.2, -0.15) is 0 Å². The number of carbonyl (C=O) groups is 2. The Labute approximate surface area is 229 Å². The molecule has 0 aromatic carbocycles. The zero-order chi connectivity index (χ0) is 26.9. The summed E-state index contributed by atoms with van der Waals surface area (Å²) in [5.74, 6) is -0.738. The number of carbonyl (C=O) groups excluding carboxylic acids is 2. The monoisotopic (exact) mass is 565 g/mol. The van der Waals surface area contributed by atoms with Gasteiger partial charge in [-0.05, 0) is 44.2 Å². The van der Waals surface area contributed by atoms with Crippen LogP contribution < -0.4 is 0 Å². The van der Waals surface area contributed by atoms with Crippen LogP contribution in [0.1, 0.15) is 52.9 Å². The van der Waals surface area contributed by atoms with Crippen LogP contribution in [0.3, 0.4) is 0 Å². The molecule has 2 unspecified atom stereocenters. The average molecular weight is 566 g/mol. The van der Waals surface area contributed by atoms with Crippen LogP contribution in [0.4, 0.5) is 5.69 Å². The largest absolute Gasteiger partial charge is 2.00 e. The average Bonchev–Trinajstić information content (AvgIpc) is 2.76. The molecule has 2 aliphatic heterocycles. The fourth-order valence-corrected chi connectivity index (χ4v) is 4.88. The van der Waals surface area contributed by atoms with Crippen LogP contribution in [-0.4, -0.2) is 89.3 Å². The summed E-state index contributed by atoms with van der Waals surface area (Å²) < 4.78 is 11.5. The topological polar surface area (TPSA) is 130 Å². The smallest absolute Gasteiger partial charge is 0.645 e. The molecule has 1 aromatic heterocycles. The van der Waals surface area contributed by atoms with Crippen LogP contribution in [-0.2, 0) is 49.2 Å². The van der Waals surface area contributed by atoms with E-state index in [0.717, 1.165) is 0 Å². The van der Waals surface area contributed by atoms with Crippen molar-refractivity contribution in [3.05, 3.63) is 39.1 Å². The first-order chi connectivity index (χ1) is 16.6. The first-order valence-corrected chi connectivity index (χ1v) is 12.1. The predicted molar refractivity (Wildman–Crippen MR) is 136 cm³/mol. The van der Waals surface area contributed by atoms with E-state index in [1.54, 1.807) is 26.0 Å². The molecular weight excluding hydrogens is 528 g/mol. The van der Waals surface area contributed by atoms with Gasteiger partial charge in [0.15, 0.2) is 0 Å². The Morgan fingerprint density at radius 2 is 1.16 bits per heavy atom. The number of ether oxygens (including phenoxy) is 2. The molecule has 4 bridgehead atoms. The maximum atomic E-state index is 13.5. The van der Waals surface area contributed by atoms with Crippen molar-refractivity contribution in [3.8, 4) is 0 Å². The van der Waals surface area contributed by atoms with E-state index < -0.39 is 22.3 Å². The molecule has 209 valence electrons. The molecule has 0 spiro atoms. The summed E-state index contributed by atoms with van der Waals surface area (Å²) in [6.07, 6.45) is 0. The summed E-state index contributed by atoms with van der Waals surface area (Å²) in [5.41, 5.74) is -2.62. The third-order valence-electron chi connectivity index (χ3n) is 6.68. The van der Waals surface area contributed by atoms with Gasteiger partial charge in [0.2, 0.25) is 0 Å². The number of hydrogen-bond donors (Lipinski definition) is 0. The normalized spacial score (nSPS) is 31.9. The van der Waals surface area contributed by atoms with Crippen LogP contribution >= 0.6 is 0 Å². The summed E-state index contributed by atoms with van der Waals surface area (Å²) in [6.45, 7) is 12.4. The van der Waals surface area contributed by atoms with Gasteiger partial charge in [-0.15, -0.1) is 4.91 Å². The van der Waals surface area contributed by atoms with E-state index in [1.165, 1.54) is 14.2 Å². The molecule has 1 radical (unpaired) electrons. The SMILES string of the molecule is CO[C@]1(C)CN2Cc3cc(N=O)cc(n3)CN(CC(C)(C)[N-]C1=O)C[C@](C)(OC)C(=O)[N-]C(C)(C)C2.[Cu+2]. The molecule has 12 heteroatoms. The fourth-order valence-electron chi connectivity index (χ4n) is 4.88. The minimum Gasteiger partial charge on any atom is -0.645 e. The summed E-state index contributed by atoms with van der Waals surface area (Å²) >= 11 is 0. The van der Waals surface area contributed by atoms with Gasteiger partial charge in [0.05, 0.1) is 23.2 Å². The van der Waals surface area contributed by atoms with E-state index in [-0.39, 0.29) is 47.7 Å². The Hall–Kier alpha value is -1.95. The second kappa shape index (κ2) is 11.4. The van der Waals surface area contributed by atoms with Crippen molar-refractivity contribution in [2.24, 2.45) is 5.18 Å². The molecule has 0 N–H and O–H groups in total. The zero-order valence-corrected chi connectivity index (χ0v) is 23.9. The Kier molecular flexibility index (Phi) is 9.66. The number of nitrogens with zero attached hydrogens (tertiary/aromatic N) is 6. The van der Waals surface area contributed by atoms with Crippen molar-refractivity contribution in [1.82, 2.24) is 14.8 Å². The van der Waals surface area contributed by atoms with Gasteiger partial charge >= 0.3 is 17.1 Å². The molecule has 1 aromatic rings. The molecule has 37 heavy (non-hydrogen) atoms. The van der Waals surface area contributed by atoms with Gasteiger partial charge in [0.25, 0.3) is 0 Å². The molecular formula is C25H38CuN6O5. The number of nitroso groups, excluding NO2 is 1. The zero-order valence-electron chi connectivity index (χ0n) is 22.9. The van der Waals surface area contributed by atoms with E-state index in [1.807, 2.05) is 37.5 Å². The summed E-state index contributed by atoms with van der Waals surface area (Å²) in [4.78, 5) is 47.2. The predicted octanol–water partition coefficient (Wildman–Crippen LogP) is 3.28. The number of rotatable bonds is 3. The van der Waals surface area contributed by atoms with Crippen molar-refractivity contribution in [1.29, 1.82) is 0 Å². The Bertz CT molecular complexity index is 949. The van der Waals surface area contributed by atoms with Gasteiger partial charge in [-0.3, -0.25) is 14.8 Å². The van der Waals surface area contributed by atoms with Crippen LogP contribution in [0.5, 0.6) is 0 Å². The first-order valence-electron chi connectivity index (χ1n) is 12.1. The van der Waals surface area contributed by atoms with E-state index in [9.17, 15) is 14.5 Å². The Morgan fingerprint density at radius 3 is 1.49 bits per heavy atom. The number of pyridine rings is 1. The van der Waals surface area contributed by atoms with Crippen molar-refractivity contribution in [2.75, 3.05) is 40.4 Å². The number of fused-ring (bicyclic) bond motifs is 2. The van der Waals surface area contributed by atoms with Crippen molar-refractivity contribution < 1.29 is 36.1 Å². The van der Waals surface area contributed by atoms with E-state index >= 15 is 0 Å². The maximum absolute atomic E-state index is 13.5. The molecule has 0 fully saturated rings. The summed E-state index contributed by atoms with van der Waals surface area (Å²) in [5, 5.41) is 12.3. The van der Waals surface area contributed by atoms with Gasteiger partial charge in [0, 0.05) is 40.4 Å². The van der Waals surface area contributed by atoms with Crippen LogP contribution in [0.15, 0.2) is 17.3 Å². The molecule has 0 saturated heterocycles. The molecule has 2 aliphatic rings. The quantitative estimate of drug-likeness (QED) is 0.403. The molecule has 11 nitrogen and oxygen atoms in total. The van der Waals surface area contributed by atoms with Gasteiger partial charge in [0.1, 0.15) is 16.9 Å². The minimum absolute atomic E-state index is 0. The second-order valence-electron chi connectivity index (χ2n) is 11.5. The van der Waals surface area contributed by atoms with Crippen molar-refractivity contribution in [2.45, 2.75) is 76.9 Å². The van der Waals surface area contributed by atoms with Gasteiger partial charge in [-0.1, -0.05) is 38.8 Å². The van der Waals surface area contributed by atoms with Gasteiger partial charge < -0.3 is 29.7 Å². The molecule has 3 rings (SSSR count). The summed E-state index contributed by atoms with van der Waals surface area (Å²) in [6, 6.07) is 3.28. The number of methoxy groups -OCH3 is 2. The molecule has 3 heterocycles. The fraction of sp³-hybridized carbons (Fsp3) is 0.720. The van der Waals surface area contributed by atoms with E-state index in [4.69, 9.17) is 14.5 Å². The molecule has 0 aliphatic carbocycles. The van der Waals surface area contributed by atoms with Crippen molar-refractivity contribution in [3.63, 3.8) is 0 Å². The van der Waals surface area contributed by atoms with Gasteiger partial charge in [-0.25, -0.2) is 0 Å². The number of aromatic nitrogens is 1. The van der Waals surface area contributed by atoms with E-state index in [2.05, 4.69) is 15.8 Å². The number of hydrogen-bond acceptors (Lipinski definition) is 9. The maximum Gasteiger partial charge on any atom is 2.00 e. The third-order valence-corrected chi connectivity index (χ3v) is 6.68. The van der Waals surface area contributed by atoms with E-state index in [0.29, 0.717) is 37.6 Å². The van der Waals surface area contributed by atoms with Crippen molar-refractivity contribution >= 4 is 17.5 Å². The van der Waals surface area contributed by atoms with Crippen LogP contribution in [0, 0.1) is 4.91 Å². The standard InChI is InChI=1S/C25H40N6O5.Cu/c1-22(2)13-30-11-18-9-17(29-34)10-19(26-18)12-31(16-24(5,35-7)20(32)27-22)14-23(3,4)28-21(33)25(6,15-30)36-8;/h9-10H,11-16H2,1-8H3,(H2,27,28,32,33);/q;+2/p-2/t24-,25+;. The second-order valence-corrected chi connectivity index (χ2v) is 11.5. The molecule has 0 saturated carbocycles. The molecule has 4 atom stereocenters. The first kappa shape index (κ1) is 31.3. The molecule has 2 amide bonds. The van der Waals surface area contributed by atoms with Crippen LogP contribution in [0.2, 0.25) is 0 Å². The Balaban J connectivity index is 0.00000481. The number of amides is 2.